The number of rotatable bonds is 3. The van der Waals surface area contributed by atoms with Crippen LogP contribution >= 0.6 is 0 Å². The Hall–Kier alpha value is -0.340. The lowest BCUT2D eigenvalue weighted by molar-refractivity contribution is 0.153. The minimum absolute atomic E-state index is 0.827. The quantitative estimate of drug-likeness (QED) is 0.689. The third-order valence-electron chi connectivity index (χ3n) is 3.99. The van der Waals surface area contributed by atoms with Crippen molar-refractivity contribution in [3.63, 3.8) is 0 Å². The largest absolute Gasteiger partial charge is 0.377 e. The molecule has 3 rings (SSSR count). The van der Waals surface area contributed by atoms with Crippen LogP contribution < -0.4 is 5.32 Å². The van der Waals surface area contributed by atoms with Gasteiger partial charge in [0.25, 0.3) is 0 Å². The summed E-state index contributed by atoms with van der Waals surface area (Å²) >= 11 is 0. The van der Waals surface area contributed by atoms with Crippen LogP contribution in [0.1, 0.15) is 25.7 Å². The van der Waals surface area contributed by atoms with Gasteiger partial charge in [-0.25, -0.2) is 0 Å². The second kappa shape index (κ2) is 3.67. The summed E-state index contributed by atoms with van der Waals surface area (Å²) < 4.78 is 5.30. The molecule has 78 valence electrons. The highest BCUT2D eigenvalue weighted by molar-refractivity contribution is 5.09. The topological polar surface area (TPSA) is 21.3 Å². The van der Waals surface area contributed by atoms with Crippen molar-refractivity contribution in [2.24, 2.45) is 11.8 Å². The molecule has 3 unspecified atom stereocenters. The van der Waals surface area contributed by atoms with Crippen molar-refractivity contribution >= 4 is 0 Å². The summed E-state index contributed by atoms with van der Waals surface area (Å²) in [6, 6.07) is 0.837. The van der Waals surface area contributed by atoms with E-state index in [0.29, 0.717) is 0 Å². The van der Waals surface area contributed by atoms with E-state index in [0.717, 1.165) is 44.1 Å². The van der Waals surface area contributed by atoms with Gasteiger partial charge in [-0.2, -0.15) is 0 Å². The normalized spacial score (nSPS) is 40.6. The van der Waals surface area contributed by atoms with Crippen molar-refractivity contribution in [3.05, 3.63) is 11.6 Å². The first-order valence-electron chi connectivity index (χ1n) is 5.92. The van der Waals surface area contributed by atoms with E-state index in [1.807, 2.05) is 0 Å². The molecular weight excluding hydrogens is 174 g/mol. The number of nitrogens with one attached hydrogen (secondary N) is 1. The predicted molar refractivity (Wildman–Crippen MR) is 56.1 cm³/mol. The number of hydrogen-bond acceptors (Lipinski definition) is 2. The van der Waals surface area contributed by atoms with Crippen molar-refractivity contribution in [3.8, 4) is 0 Å². The third kappa shape index (κ3) is 1.73. The summed E-state index contributed by atoms with van der Waals surface area (Å²) in [6.45, 7) is 2.86. The molecule has 3 aliphatic rings. The number of hydrogen-bond donors (Lipinski definition) is 1. The summed E-state index contributed by atoms with van der Waals surface area (Å²) in [7, 11) is 0. The maximum Gasteiger partial charge on any atom is 0.0650 e. The van der Waals surface area contributed by atoms with Gasteiger partial charge in [0.1, 0.15) is 0 Å². The fourth-order valence-electron chi connectivity index (χ4n) is 2.95. The predicted octanol–water partition coefficient (Wildman–Crippen LogP) is 1.72. The molecule has 0 amide bonds. The highest BCUT2D eigenvalue weighted by Gasteiger charge is 2.47. The highest BCUT2D eigenvalue weighted by atomic mass is 16.5. The first kappa shape index (κ1) is 8.93. The minimum atomic E-state index is 0.827. The Morgan fingerprint density at radius 3 is 3.07 bits per heavy atom. The molecule has 0 aromatic carbocycles. The average Bonchev–Trinajstić information content (AvgIpc) is 2.92. The molecule has 0 saturated heterocycles. The zero-order valence-corrected chi connectivity index (χ0v) is 8.67. The van der Waals surface area contributed by atoms with E-state index in [9.17, 15) is 0 Å². The first-order chi connectivity index (χ1) is 6.93. The van der Waals surface area contributed by atoms with E-state index in [2.05, 4.69) is 11.4 Å². The Balaban J connectivity index is 1.46. The molecule has 0 spiro atoms. The Morgan fingerprint density at radius 1 is 1.43 bits per heavy atom. The molecule has 0 radical (unpaired) electrons. The van der Waals surface area contributed by atoms with E-state index in [1.54, 1.807) is 5.57 Å². The molecule has 2 saturated carbocycles. The van der Waals surface area contributed by atoms with Crippen molar-refractivity contribution < 1.29 is 4.74 Å². The molecule has 2 heteroatoms. The molecule has 0 aromatic heterocycles. The standard InChI is InChI=1S/C12H19NO/c1-2-12(11-7-10(1)11)13-8-9-3-5-14-6-4-9/h3,10-13H,1-2,4-8H2. The zero-order chi connectivity index (χ0) is 9.38. The van der Waals surface area contributed by atoms with Crippen LogP contribution in [0.15, 0.2) is 11.6 Å². The van der Waals surface area contributed by atoms with Gasteiger partial charge in [-0.15, -0.1) is 0 Å². The van der Waals surface area contributed by atoms with Gasteiger partial charge < -0.3 is 10.1 Å². The van der Waals surface area contributed by atoms with E-state index in [4.69, 9.17) is 4.74 Å². The molecule has 2 nitrogen and oxygen atoms in total. The van der Waals surface area contributed by atoms with Crippen molar-refractivity contribution in [2.75, 3.05) is 19.8 Å². The number of fused-ring (bicyclic) bond motifs is 1. The molecule has 0 bridgehead atoms. The Bertz CT molecular complexity index is 249. The lowest BCUT2D eigenvalue weighted by Crippen LogP contribution is -2.31. The Morgan fingerprint density at radius 2 is 2.43 bits per heavy atom. The molecular formula is C12H19NO. The second-order valence-corrected chi connectivity index (χ2v) is 4.91. The molecule has 3 atom stereocenters. The SMILES string of the molecule is C1=C(CNC2CCC3CC32)CCOC1. The molecule has 2 fully saturated rings. The van der Waals surface area contributed by atoms with Gasteiger partial charge >= 0.3 is 0 Å². The van der Waals surface area contributed by atoms with Gasteiger partial charge in [0.15, 0.2) is 0 Å². The van der Waals surface area contributed by atoms with Gasteiger partial charge in [-0.1, -0.05) is 11.6 Å². The van der Waals surface area contributed by atoms with Crippen LogP contribution in [0.3, 0.4) is 0 Å². The maximum atomic E-state index is 5.30. The molecule has 0 aromatic rings. The lowest BCUT2D eigenvalue weighted by Gasteiger charge is -2.18. The van der Waals surface area contributed by atoms with Crippen LogP contribution in [-0.4, -0.2) is 25.8 Å². The second-order valence-electron chi connectivity index (χ2n) is 4.91. The van der Waals surface area contributed by atoms with Crippen LogP contribution in [0, 0.1) is 11.8 Å². The monoisotopic (exact) mass is 193 g/mol. The summed E-state index contributed by atoms with van der Waals surface area (Å²) in [6.07, 6.45) is 7.77. The molecule has 14 heavy (non-hydrogen) atoms. The van der Waals surface area contributed by atoms with Gasteiger partial charge in [-0.3, -0.25) is 0 Å². The maximum absolute atomic E-state index is 5.30. The minimum Gasteiger partial charge on any atom is -0.377 e. The summed E-state index contributed by atoms with van der Waals surface area (Å²) in [5.74, 6) is 2.13. The van der Waals surface area contributed by atoms with Crippen LogP contribution in [0.25, 0.3) is 0 Å². The van der Waals surface area contributed by atoms with Crippen molar-refractivity contribution in [1.29, 1.82) is 0 Å². The van der Waals surface area contributed by atoms with E-state index in [-0.39, 0.29) is 0 Å². The molecule has 1 heterocycles. The van der Waals surface area contributed by atoms with Gasteiger partial charge in [0, 0.05) is 12.6 Å². The molecule has 1 N–H and O–H groups in total. The zero-order valence-electron chi connectivity index (χ0n) is 8.67. The first-order valence-corrected chi connectivity index (χ1v) is 5.92. The molecule has 1 aliphatic heterocycles. The van der Waals surface area contributed by atoms with Crippen molar-refractivity contribution in [2.45, 2.75) is 31.7 Å². The van der Waals surface area contributed by atoms with Crippen LogP contribution in [-0.2, 0) is 4.74 Å². The Kier molecular flexibility index (Phi) is 2.34. The molecule has 2 aliphatic carbocycles. The fraction of sp³-hybridized carbons (Fsp3) is 0.833. The Labute approximate surface area is 85.7 Å². The third-order valence-corrected chi connectivity index (χ3v) is 3.99. The van der Waals surface area contributed by atoms with Gasteiger partial charge in [0.2, 0.25) is 0 Å². The van der Waals surface area contributed by atoms with E-state index >= 15 is 0 Å². The summed E-state index contributed by atoms with van der Waals surface area (Å²) in [5, 5.41) is 3.72. The van der Waals surface area contributed by atoms with Crippen LogP contribution in [0.5, 0.6) is 0 Å². The van der Waals surface area contributed by atoms with Gasteiger partial charge in [-0.05, 0) is 37.5 Å². The fourth-order valence-corrected chi connectivity index (χ4v) is 2.95. The van der Waals surface area contributed by atoms with Crippen LogP contribution in [0.2, 0.25) is 0 Å². The summed E-state index contributed by atoms with van der Waals surface area (Å²) in [5.41, 5.74) is 1.56. The average molecular weight is 193 g/mol. The summed E-state index contributed by atoms with van der Waals surface area (Å²) in [4.78, 5) is 0. The van der Waals surface area contributed by atoms with Crippen molar-refractivity contribution in [1.82, 2.24) is 5.32 Å². The van der Waals surface area contributed by atoms with E-state index in [1.165, 1.54) is 19.3 Å². The number of ether oxygens (including phenoxy) is 1. The van der Waals surface area contributed by atoms with Gasteiger partial charge in [0.05, 0.1) is 13.2 Å². The van der Waals surface area contributed by atoms with Crippen LogP contribution in [0.4, 0.5) is 0 Å². The smallest absolute Gasteiger partial charge is 0.0650 e. The highest BCUT2D eigenvalue weighted by Crippen LogP contribution is 2.51. The van der Waals surface area contributed by atoms with E-state index < -0.39 is 0 Å². The lowest BCUT2D eigenvalue weighted by atomic mass is 10.1.